The molecule has 2 aliphatic heterocycles. The lowest BCUT2D eigenvalue weighted by atomic mass is 10.2. The van der Waals surface area contributed by atoms with Crippen LogP contribution in [-0.4, -0.2) is 65.2 Å². The zero-order chi connectivity index (χ0) is 17.4. The third-order valence-corrected chi connectivity index (χ3v) is 4.77. The zero-order valence-corrected chi connectivity index (χ0v) is 14.4. The number of amides is 1. The molecule has 8 nitrogen and oxygen atoms in total. The van der Waals surface area contributed by atoms with Gasteiger partial charge in [0, 0.05) is 25.7 Å². The number of hydrogen-bond acceptors (Lipinski definition) is 6. The van der Waals surface area contributed by atoms with Gasteiger partial charge in [-0.25, -0.2) is 4.68 Å². The number of hydrogen-bond donors (Lipinski definition) is 1. The molecule has 25 heavy (non-hydrogen) atoms. The summed E-state index contributed by atoms with van der Waals surface area (Å²) < 4.78 is 12.8. The van der Waals surface area contributed by atoms with Crippen molar-refractivity contribution in [2.45, 2.75) is 19.4 Å². The van der Waals surface area contributed by atoms with Crippen molar-refractivity contribution in [2.24, 2.45) is 0 Å². The van der Waals surface area contributed by atoms with Crippen molar-refractivity contribution >= 4 is 5.91 Å². The van der Waals surface area contributed by atoms with Crippen LogP contribution in [-0.2, 0) is 0 Å². The highest BCUT2D eigenvalue weighted by Crippen LogP contribution is 2.32. The molecule has 1 aromatic carbocycles. The fourth-order valence-electron chi connectivity index (χ4n) is 3.24. The minimum Gasteiger partial charge on any atom is -0.486 e. The van der Waals surface area contributed by atoms with Crippen molar-refractivity contribution in [3.8, 4) is 17.2 Å². The zero-order valence-electron chi connectivity index (χ0n) is 14.4. The van der Waals surface area contributed by atoms with E-state index in [2.05, 4.69) is 15.6 Å². The summed E-state index contributed by atoms with van der Waals surface area (Å²) in [6, 6.07) is 5.79. The van der Waals surface area contributed by atoms with Gasteiger partial charge in [0.1, 0.15) is 13.2 Å². The van der Waals surface area contributed by atoms with Crippen LogP contribution in [0, 0.1) is 6.92 Å². The molecule has 1 amide bonds. The van der Waals surface area contributed by atoms with Gasteiger partial charge in [-0.1, -0.05) is 5.21 Å². The van der Waals surface area contributed by atoms with E-state index >= 15 is 0 Å². The van der Waals surface area contributed by atoms with Crippen LogP contribution in [0.2, 0.25) is 0 Å². The maximum atomic E-state index is 12.8. The molecule has 132 valence electrons. The molecule has 0 bridgehead atoms. The number of aromatic nitrogens is 3. The molecular weight excluding hydrogens is 322 g/mol. The third-order valence-electron chi connectivity index (χ3n) is 4.77. The van der Waals surface area contributed by atoms with Crippen molar-refractivity contribution in [3.05, 3.63) is 29.6 Å². The monoisotopic (exact) mass is 343 g/mol. The Kier molecular flexibility index (Phi) is 4.04. The lowest BCUT2D eigenvalue weighted by molar-refractivity contribution is 0.0737. The van der Waals surface area contributed by atoms with E-state index in [0.29, 0.717) is 30.4 Å². The van der Waals surface area contributed by atoms with Crippen LogP contribution >= 0.6 is 0 Å². The molecule has 0 aliphatic carbocycles. The van der Waals surface area contributed by atoms with E-state index in [0.717, 1.165) is 30.9 Å². The Bertz CT molecular complexity index is 798. The Balaban J connectivity index is 1.61. The summed E-state index contributed by atoms with van der Waals surface area (Å²) in [5.74, 6) is 1.30. The Labute approximate surface area is 145 Å². The van der Waals surface area contributed by atoms with Gasteiger partial charge in [0.2, 0.25) is 0 Å². The fraction of sp³-hybridized carbons (Fsp3) is 0.471. The smallest absolute Gasteiger partial charge is 0.276 e. The van der Waals surface area contributed by atoms with E-state index in [-0.39, 0.29) is 11.9 Å². The van der Waals surface area contributed by atoms with E-state index < -0.39 is 0 Å². The van der Waals surface area contributed by atoms with Gasteiger partial charge in [0.25, 0.3) is 5.91 Å². The summed E-state index contributed by atoms with van der Waals surface area (Å²) in [6.07, 6.45) is 0.956. The number of rotatable bonds is 3. The minimum absolute atomic E-state index is 0.102. The summed E-state index contributed by atoms with van der Waals surface area (Å²) in [5, 5.41) is 11.6. The highest BCUT2D eigenvalue weighted by Gasteiger charge is 2.28. The number of likely N-dealkylation sites (N-methyl/N-ethyl adjacent to an activating group) is 1. The Morgan fingerprint density at radius 3 is 2.88 bits per heavy atom. The number of fused-ring (bicyclic) bond motifs is 1. The van der Waals surface area contributed by atoms with Crippen LogP contribution in [0.5, 0.6) is 11.5 Å². The van der Waals surface area contributed by atoms with Crippen LogP contribution in [0.25, 0.3) is 5.69 Å². The maximum Gasteiger partial charge on any atom is 0.276 e. The van der Waals surface area contributed by atoms with Crippen LogP contribution < -0.4 is 14.8 Å². The number of nitrogens with zero attached hydrogens (tertiary/aromatic N) is 4. The lowest BCUT2D eigenvalue weighted by Crippen LogP contribution is -2.38. The normalized spacial score (nSPS) is 19.0. The summed E-state index contributed by atoms with van der Waals surface area (Å²) in [5.41, 5.74) is 1.88. The third kappa shape index (κ3) is 2.82. The molecule has 1 N–H and O–H groups in total. The molecule has 0 saturated carbocycles. The Hall–Kier alpha value is -2.61. The molecule has 3 heterocycles. The molecule has 1 aromatic heterocycles. The van der Waals surface area contributed by atoms with E-state index in [4.69, 9.17) is 9.47 Å². The summed E-state index contributed by atoms with van der Waals surface area (Å²) in [7, 11) is 1.82. The van der Waals surface area contributed by atoms with E-state index in [1.165, 1.54) is 0 Å². The molecule has 0 spiro atoms. The molecule has 1 unspecified atom stereocenters. The quantitative estimate of drug-likeness (QED) is 0.887. The van der Waals surface area contributed by atoms with Crippen molar-refractivity contribution in [1.82, 2.24) is 25.2 Å². The van der Waals surface area contributed by atoms with Crippen molar-refractivity contribution in [1.29, 1.82) is 0 Å². The van der Waals surface area contributed by atoms with Gasteiger partial charge < -0.3 is 19.7 Å². The first-order valence-electron chi connectivity index (χ1n) is 8.45. The molecule has 1 atom stereocenters. The number of ether oxygens (including phenoxy) is 2. The first kappa shape index (κ1) is 15.9. The van der Waals surface area contributed by atoms with E-state index in [1.54, 1.807) is 9.58 Å². The predicted octanol–water partition coefficient (Wildman–Crippen LogP) is 0.781. The highest BCUT2D eigenvalue weighted by atomic mass is 16.6. The molecule has 4 rings (SSSR count). The molecule has 0 radical (unpaired) electrons. The first-order chi connectivity index (χ1) is 12.1. The molecule has 8 heteroatoms. The predicted molar refractivity (Wildman–Crippen MR) is 90.5 cm³/mol. The average molecular weight is 343 g/mol. The van der Waals surface area contributed by atoms with Gasteiger partial charge in [0.15, 0.2) is 17.2 Å². The first-order valence-corrected chi connectivity index (χ1v) is 8.45. The van der Waals surface area contributed by atoms with E-state index in [1.807, 2.05) is 32.2 Å². The van der Waals surface area contributed by atoms with Crippen molar-refractivity contribution in [3.63, 3.8) is 0 Å². The SMILES string of the molecule is Cc1c(C(=O)N(C)C2CCNC2)nnn1-c1ccc2c(c1)OCCO2. The van der Waals surface area contributed by atoms with Gasteiger partial charge in [-0.3, -0.25) is 4.79 Å². The number of nitrogens with one attached hydrogen (secondary N) is 1. The average Bonchev–Trinajstić information content (AvgIpc) is 3.30. The topological polar surface area (TPSA) is 81.5 Å². The van der Waals surface area contributed by atoms with Gasteiger partial charge in [0.05, 0.1) is 11.4 Å². The minimum atomic E-state index is -0.102. The van der Waals surface area contributed by atoms with Gasteiger partial charge in [-0.05, 0) is 32.0 Å². The number of carbonyl (C=O) groups excluding carboxylic acids is 1. The Morgan fingerprint density at radius 1 is 1.32 bits per heavy atom. The van der Waals surface area contributed by atoms with Crippen LogP contribution in [0.3, 0.4) is 0 Å². The second kappa shape index (κ2) is 6.36. The second-order valence-corrected chi connectivity index (χ2v) is 6.33. The number of carbonyl (C=O) groups is 1. The summed E-state index contributed by atoms with van der Waals surface area (Å²) in [4.78, 5) is 14.5. The Morgan fingerprint density at radius 2 is 2.12 bits per heavy atom. The molecular formula is C17H21N5O3. The van der Waals surface area contributed by atoms with E-state index in [9.17, 15) is 4.79 Å². The summed E-state index contributed by atoms with van der Waals surface area (Å²) in [6.45, 7) is 4.68. The van der Waals surface area contributed by atoms with Crippen molar-refractivity contribution in [2.75, 3.05) is 33.4 Å². The van der Waals surface area contributed by atoms with Crippen LogP contribution in [0.15, 0.2) is 18.2 Å². The fourth-order valence-corrected chi connectivity index (χ4v) is 3.24. The second-order valence-electron chi connectivity index (χ2n) is 6.33. The lowest BCUT2D eigenvalue weighted by Gasteiger charge is -2.23. The highest BCUT2D eigenvalue weighted by molar-refractivity contribution is 5.93. The molecule has 2 aromatic rings. The summed E-state index contributed by atoms with van der Waals surface area (Å²) >= 11 is 0. The van der Waals surface area contributed by atoms with Gasteiger partial charge >= 0.3 is 0 Å². The van der Waals surface area contributed by atoms with Gasteiger partial charge in [-0.15, -0.1) is 5.10 Å². The molecule has 1 saturated heterocycles. The standard InChI is InChI=1S/C17H21N5O3/c1-11-16(17(23)21(2)13-5-6-18-10-13)19-20-22(11)12-3-4-14-15(9-12)25-8-7-24-14/h3-4,9,13,18H,5-8,10H2,1-2H3. The molecule has 2 aliphatic rings. The van der Waals surface area contributed by atoms with Crippen molar-refractivity contribution < 1.29 is 14.3 Å². The van der Waals surface area contributed by atoms with Crippen LogP contribution in [0.1, 0.15) is 22.6 Å². The molecule has 1 fully saturated rings. The maximum absolute atomic E-state index is 12.8. The number of benzene rings is 1. The van der Waals surface area contributed by atoms with Gasteiger partial charge in [-0.2, -0.15) is 0 Å². The van der Waals surface area contributed by atoms with Crippen LogP contribution in [0.4, 0.5) is 0 Å². The largest absolute Gasteiger partial charge is 0.486 e.